The quantitative estimate of drug-likeness (QED) is 0.676. The van der Waals surface area contributed by atoms with Gasteiger partial charge in [0.1, 0.15) is 5.82 Å². The van der Waals surface area contributed by atoms with Gasteiger partial charge in [-0.2, -0.15) is 0 Å². The molecule has 84 valence electrons. The van der Waals surface area contributed by atoms with E-state index in [0.717, 1.165) is 23.6 Å². The van der Waals surface area contributed by atoms with Gasteiger partial charge in [0.2, 0.25) is 0 Å². The lowest BCUT2D eigenvalue weighted by Gasteiger charge is -2.00. The van der Waals surface area contributed by atoms with Crippen molar-refractivity contribution in [2.24, 2.45) is 0 Å². The predicted octanol–water partition coefficient (Wildman–Crippen LogP) is 1.90. The zero-order chi connectivity index (χ0) is 11.7. The molecule has 4 heteroatoms. The third-order valence-electron chi connectivity index (χ3n) is 2.73. The van der Waals surface area contributed by atoms with E-state index >= 15 is 0 Å². The van der Waals surface area contributed by atoms with Gasteiger partial charge < -0.3 is 5.73 Å². The molecule has 2 heterocycles. The molecule has 0 fully saturated rings. The van der Waals surface area contributed by atoms with Crippen molar-refractivity contribution in [2.75, 3.05) is 5.73 Å². The molecule has 0 aliphatic rings. The van der Waals surface area contributed by atoms with Crippen LogP contribution in [0.5, 0.6) is 0 Å². The topological polar surface area (TPSA) is 56.2 Å². The van der Waals surface area contributed by atoms with Gasteiger partial charge in [-0.25, -0.2) is 0 Å². The number of anilines is 1. The van der Waals surface area contributed by atoms with Gasteiger partial charge in [0.25, 0.3) is 0 Å². The molecular formula is C13H12N4. The molecule has 0 aliphatic carbocycles. The van der Waals surface area contributed by atoms with E-state index in [4.69, 9.17) is 5.73 Å². The molecule has 2 aromatic heterocycles. The zero-order valence-electron chi connectivity index (χ0n) is 9.24. The Bertz CT molecular complexity index is 640. The molecule has 0 bridgehead atoms. The minimum absolute atomic E-state index is 0.755. The first-order chi connectivity index (χ1) is 8.33. The Balaban J connectivity index is 1.97. The summed E-state index contributed by atoms with van der Waals surface area (Å²) in [5.74, 6) is 0.936. The molecular weight excluding hydrogens is 212 g/mol. The first kappa shape index (κ1) is 9.84. The molecule has 2 N–H and O–H groups in total. The average molecular weight is 224 g/mol. The second kappa shape index (κ2) is 3.90. The fourth-order valence-corrected chi connectivity index (χ4v) is 1.83. The van der Waals surface area contributed by atoms with Gasteiger partial charge in [-0.05, 0) is 29.8 Å². The van der Waals surface area contributed by atoms with E-state index in [1.165, 1.54) is 5.56 Å². The van der Waals surface area contributed by atoms with Crippen LogP contribution in [-0.4, -0.2) is 14.6 Å². The van der Waals surface area contributed by atoms with Crippen molar-refractivity contribution in [3.05, 3.63) is 60.0 Å². The van der Waals surface area contributed by atoms with Crippen LogP contribution in [0, 0.1) is 0 Å². The third kappa shape index (κ3) is 1.85. The molecule has 0 amide bonds. The van der Waals surface area contributed by atoms with E-state index in [-0.39, 0.29) is 0 Å². The number of nitrogens with two attached hydrogens (primary N) is 1. The number of pyridine rings is 1. The summed E-state index contributed by atoms with van der Waals surface area (Å²) >= 11 is 0. The summed E-state index contributed by atoms with van der Waals surface area (Å²) in [4.78, 5) is 0. The summed E-state index contributed by atoms with van der Waals surface area (Å²) in [5.41, 5.74) is 8.49. The summed E-state index contributed by atoms with van der Waals surface area (Å²) in [6, 6.07) is 13.7. The maximum Gasteiger partial charge on any atom is 0.160 e. The third-order valence-corrected chi connectivity index (χ3v) is 2.73. The lowest BCUT2D eigenvalue weighted by molar-refractivity contribution is 0.935. The van der Waals surface area contributed by atoms with Crippen molar-refractivity contribution in [1.82, 2.24) is 14.6 Å². The predicted molar refractivity (Wildman–Crippen MR) is 66.6 cm³/mol. The molecule has 17 heavy (non-hydrogen) atoms. The zero-order valence-corrected chi connectivity index (χ0v) is 9.24. The van der Waals surface area contributed by atoms with Gasteiger partial charge in [-0.3, -0.25) is 4.40 Å². The Hall–Kier alpha value is -2.36. The summed E-state index contributed by atoms with van der Waals surface area (Å²) in [5, 5.41) is 8.32. The van der Waals surface area contributed by atoms with E-state index in [0.29, 0.717) is 0 Å². The van der Waals surface area contributed by atoms with Crippen molar-refractivity contribution < 1.29 is 0 Å². The molecule has 3 rings (SSSR count). The molecule has 1 aromatic carbocycles. The first-order valence-corrected chi connectivity index (χ1v) is 5.46. The van der Waals surface area contributed by atoms with Gasteiger partial charge in [0, 0.05) is 18.3 Å². The lowest BCUT2D eigenvalue weighted by Crippen LogP contribution is -1.96. The largest absolute Gasteiger partial charge is 0.399 e. The van der Waals surface area contributed by atoms with E-state index in [1.54, 1.807) is 0 Å². The molecule has 0 radical (unpaired) electrons. The van der Waals surface area contributed by atoms with Gasteiger partial charge in [-0.15, -0.1) is 10.2 Å². The van der Waals surface area contributed by atoms with Crippen LogP contribution in [0.1, 0.15) is 11.4 Å². The highest BCUT2D eigenvalue weighted by Crippen LogP contribution is 2.11. The van der Waals surface area contributed by atoms with E-state index in [2.05, 4.69) is 10.2 Å². The number of hydrogen-bond donors (Lipinski definition) is 1. The van der Waals surface area contributed by atoms with Crippen LogP contribution in [0.25, 0.3) is 5.65 Å². The highest BCUT2D eigenvalue weighted by atomic mass is 15.2. The van der Waals surface area contributed by atoms with Crippen LogP contribution < -0.4 is 5.73 Å². The molecule has 4 nitrogen and oxygen atoms in total. The van der Waals surface area contributed by atoms with Crippen LogP contribution in [0.2, 0.25) is 0 Å². The van der Waals surface area contributed by atoms with Crippen molar-refractivity contribution in [3.63, 3.8) is 0 Å². The Morgan fingerprint density at radius 1 is 1.00 bits per heavy atom. The molecule has 0 saturated heterocycles. The fourth-order valence-electron chi connectivity index (χ4n) is 1.83. The Labute approximate surface area is 98.7 Å². The van der Waals surface area contributed by atoms with E-state index < -0.39 is 0 Å². The molecule has 0 unspecified atom stereocenters. The van der Waals surface area contributed by atoms with Crippen LogP contribution >= 0.6 is 0 Å². The van der Waals surface area contributed by atoms with Gasteiger partial charge >= 0.3 is 0 Å². The Morgan fingerprint density at radius 2 is 1.82 bits per heavy atom. The van der Waals surface area contributed by atoms with Gasteiger partial charge in [0.15, 0.2) is 5.65 Å². The number of nitrogen functional groups attached to an aromatic ring is 1. The normalized spacial score (nSPS) is 10.8. The molecule has 3 aromatic rings. The summed E-state index contributed by atoms with van der Waals surface area (Å²) in [7, 11) is 0. The van der Waals surface area contributed by atoms with Crippen molar-refractivity contribution in [1.29, 1.82) is 0 Å². The SMILES string of the molecule is Nc1ccc(Cc2nnc3ccccn23)cc1. The van der Waals surface area contributed by atoms with Crippen LogP contribution in [-0.2, 0) is 6.42 Å². The minimum Gasteiger partial charge on any atom is -0.399 e. The van der Waals surface area contributed by atoms with Crippen LogP contribution in [0.15, 0.2) is 48.7 Å². The van der Waals surface area contributed by atoms with E-state index in [9.17, 15) is 0 Å². The number of aromatic nitrogens is 3. The number of benzene rings is 1. The van der Waals surface area contributed by atoms with Gasteiger partial charge in [-0.1, -0.05) is 18.2 Å². The highest BCUT2D eigenvalue weighted by molar-refractivity contribution is 5.41. The average Bonchev–Trinajstić information content (AvgIpc) is 2.76. The fraction of sp³-hybridized carbons (Fsp3) is 0.0769. The van der Waals surface area contributed by atoms with Crippen molar-refractivity contribution in [2.45, 2.75) is 6.42 Å². The minimum atomic E-state index is 0.755. The second-order valence-corrected chi connectivity index (χ2v) is 3.96. The monoisotopic (exact) mass is 224 g/mol. The van der Waals surface area contributed by atoms with E-state index in [1.807, 2.05) is 53.1 Å². The van der Waals surface area contributed by atoms with Crippen molar-refractivity contribution >= 4 is 11.3 Å². The second-order valence-electron chi connectivity index (χ2n) is 3.96. The maximum atomic E-state index is 5.66. The number of hydrogen-bond acceptors (Lipinski definition) is 3. The smallest absolute Gasteiger partial charge is 0.160 e. The Morgan fingerprint density at radius 3 is 2.65 bits per heavy atom. The summed E-state index contributed by atoms with van der Waals surface area (Å²) in [6.07, 6.45) is 2.73. The number of rotatable bonds is 2. The number of nitrogens with zero attached hydrogens (tertiary/aromatic N) is 3. The number of fused-ring (bicyclic) bond motifs is 1. The summed E-state index contributed by atoms with van der Waals surface area (Å²) in [6.45, 7) is 0. The molecule has 0 atom stereocenters. The lowest BCUT2D eigenvalue weighted by atomic mass is 10.1. The van der Waals surface area contributed by atoms with Gasteiger partial charge in [0.05, 0.1) is 0 Å². The molecule has 0 spiro atoms. The highest BCUT2D eigenvalue weighted by Gasteiger charge is 2.04. The molecule has 0 saturated carbocycles. The maximum absolute atomic E-state index is 5.66. The molecule has 0 aliphatic heterocycles. The van der Waals surface area contributed by atoms with Crippen molar-refractivity contribution in [3.8, 4) is 0 Å². The summed E-state index contributed by atoms with van der Waals surface area (Å²) < 4.78 is 2.00. The standard InChI is InChI=1S/C13H12N4/c14-11-6-4-10(5-7-11)9-13-16-15-12-3-1-2-8-17(12)13/h1-8H,9,14H2. The Kier molecular flexibility index (Phi) is 2.26. The van der Waals surface area contributed by atoms with Crippen LogP contribution in [0.4, 0.5) is 5.69 Å². The van der Waals surface area contributed by atoms with Crippen LogP contribution in [0.3, 0.4) is 0 Å². The first-order valence-electron chi connectivity index (χ1n) is 5.46.